The smallest absolute Gasteiger partial charge is 0.124 e. The maximum absolute atomic E-state index is 13.0. The molecule has 3 aromatic rings. The molecule has 0 aliphatic carbocycles. The molecule has 0 aliphatic heterocycles. The summed E-state index contributed by atoms with van der Waals surface area (Å²) < 4.78 is 24.4. The molecule has 0 atom stereocenters. The summed E-state index contributed by atoms with van der Waals surface area (Å²) in [5.41, 5.74) is 2.82. The Morgan fingerprint density at radius 2 is 1.67 bits per heavy atom. The Morgan fingerprint density at radius 1 is 0.926 bits per heavy atom. The van der Waals surface area contributed by atoms with Gasteiger partial charge in [-0.3, -0.25) is 0 Å². The maximum atomic E-state index is 13.0. The van der Waals surface area contributed by atoms with Crippen molar-refractivity contribution in [1.29, 1.82) is 0 Å². The Bertz CT molecular complexity index is 866. The second kappa shape index (κ2) is 9.28. The number of hydrogen-bond donors (Lipinski definition) is 1. The van der Waals surface area contributed by atoms with E-state index < -0.39 is 0 Å². The van der Waals surface area contributed by atoms with E-state index >= 15 is 0 Å². The monoisotopic (exact) mass is 385 g/mol. The van der Waals surface area contributed by atoms with Gasteiger partial charge in [-0.15, -0.1) is 0 Å². The summed E-state index contributed by atoms with van der Waals surface area (Å²) in [5.74, 6) is 1.32. The fraction of sp³-hybridized carbons (Fsp3) is 0.182. The van der Waals surface area contributed by atoms with Crippen LogP contribution in [-0.2, 0) is 13.2 Å². The van der Waals surface area contributed by atoms with Crippen LogP contribution in [0.1, 0.15) is 18.1 Å². The largest absolute Gasteiger partial charge is 0.494 e. The van der Waals surface area contributed by atoms with Gasteiger partial charge in [-0.05, 0) is 67.1 Å². The molecule has 0 heterocycles. The number of halogens is 2. The van der Waals surface area contributed by atoms with E-state index in [0.29, 0.717) is 24.8 Å². The van der Waals surface area contributed by atoms with Crippen molar-refractivity contribution in [1.82, 2.24) is 0 Å². The van der Waals surface area contributed by atoms with E-state index in [4.69, 9.17) is 21.1 Å². The summed E-state index contributed by atoms with van der Waals surface area (Å²) >= 11 is 6.15. The zero-order valence-electron chi connectivity index (χ0n) is 15.0. The first-order valence-electron chi connectivity index (χ1n) is 8.76. The minimum absolute atomic E-state index is 0.259. The SMILES string of the molecule is CCOc1ccc(NCc2cc(Cl)ccc2OCc2ccc(F)cc2)cc1. The lowest BCUT2D eigenvalue weighted by molar-refractivity contribution is 0.303. The van der Waals surface area contributed by atoms with Gasteiger partial charge in [0.15, 0.2) is 0 Å². The van der Waals surface area contributed by atoms with Crippen molar-refractivity contribution in [2.75, 3.05) is 11.9 Å². The van der Waals surface area contributed by atoms with Crippen molar-refractivity contribution in [3.8, 4) is 11.5 Å². The van der Waals surface area contributed by atoms with Crippen molar-refractivity contribution < 1.29 is 13.9 Å². The van der Waals surface area contributed by atoms with Crippen molar-refractivity contribution in [2.45, 2.75) is 20.1 Å². The third-order valence-corrected chi connectivity index (χ3v) is 4.21. The van der Waals surface area contributed by atoms with Gasteiger partial charge in [0.2, 0.25) is 0 Å². The number of ether oxygens (including phenoxy) is 2. The molecular formula is C22H21ClFNO2. The average molecular weight is 386 g/mol. The van der Waals surface area contributed by atoms with E-state index in [9.17, 15) is 4.39 Å². The Kier molecular flexibility index (Phi) is 6.55. The van der Waals surface area contributed by atoms with Gasteiger partial charge in [-0.1, -0.05) is 23.7 Å². The van der Waals surface area contributed by atoms with Crippen LogP contribution >= 0.6 is 11.6 Å². The van der Waals surface area contributed by atoms with Crippen LogP contribution in [0.2, 0.25) is 5.02 Å². The van der Waals surface area contributed by atoms with E-state index in [0.717, 1.165) is 28.3 Å². The minimum atomic E-state index is -0.259. The van der Waals surface area contributed by atoms with Crippen molar-refractivity contribution in [3.63, 3.8) is 0 Å². The van der Waals surface area contributed by atoms with Crippen LogP contribution < -0.4 is 14.8 Å². The van der Waals surface area contributed by atoms with Gasteiger partial charge in [-0.2, -0.15) is 0 Å². The predicted molar refractivity (Wildman–Crippen MR) is 107 cm³/mol. The Balaban J connectivity index is 1.65. The molecule has 0 radical (unpaired) electrons. The summed E-state index contributed by atoms with van der Waals surface area (Å²) in [6.07, 6.45) is 0. The third kappa shape index (κ3) is 5.63. The van der Waals surface area contributed by atoms with Crippen LogP contribution in [-0.4, -0.2) is 6.61 Å². The second-order valence-corrected chi connectivity index (χ2v) is 6.41. The lowest BCUT2D eigenvalue weighted by Gasteiger charge is -2.14. The summed E-state index contributed by atoms with van der Waals surface area (Å²) in [7, 11) is 0. The molecule has 140 valence electrons. The van der Waals surface area contributed by atoms with E-state index in [1.165, 1.54) is 12.1 Å². The van der Waals surface area contributed by atoms with Gasteiger partial charge < -0.3 is 14.8 Å². The quantitative estimate of drug-likeness (QED) is 0.510. The van der Waals surface area contributed by atoms with E-state index in [1.54, 1.807) is 18.2 Å². The number of anilines is 1. The van der Waals surface area contributed by atoms with Gasteiger partial charge >= 0.3 is 0 Å². The van der Waals surface area contributed by atoms with Gasteiger partial charge in [-0.25, -0.2) is 4.39 Å². The summed E-state index contributed by atoms with van der Waals surface area (Å²) in [6.45, 7) is 3.52. The number of rotatable bonds is 8. The van der Waals surface area contributed by atoms with Crippen molar-refractivity contribution >= 4 is 17.3 Å². The standard InChI is InChI=1S/C22H21ClFNO2/c1-2-26-21-10-8-20(9-11-21)25-14-17-13-18(23)5-12-22(17)27-15-16-3-6-19(24)7-4-16/h3-13,25H,2,14-15H2,1H3. The van der Waals surface area contributed by atoms with E-state index in [-0.39, 0.29) is 5.82 Å². The van der Waals surface area contributed by atoms with Crippen LogP contribution in [0.4, 0.5) is 10.1 Å². The fourth-order valence-corrected chi connectivity index (χ4v) is 2.80. The van der Waals surface area contributed by atoms with Crippen LogP contribution in [0.3, 0.4) is 0 Å². The van der Waals surface area contributed by atoms with Gasteiger partial charge in [0.05, 0.1) is 6.61 Å². The molecular weight excluding hydrogens is 365 g/mol. The minimum Gasteiger partial charge on any atom is -0.494 e. The molecule has 0 fully saturated rings. The van der Waals surface area contributed by atoms with Gasteiger partial charge in [0, 0.05) is 22.8 Å². The highest BCUT2D eigenvalue weighted by Gasteiger charge is 2.06. The lowest BCUT2D eigenvalue weighted by Crippen LogP contribution is -2.04. The molecule has 0 aliphatic rings. The van der Waals surface area contributed by atoms with Crippen LogP contribution in [0, 0.1) is 5.82 Å². The molecule has 3 nitrogen and oxygen atoms in total. The lowest BCUT2D eigenvalue weighted by atomic mass is 10.2. The molecule has 0 amide bonds. The zero-order chi connectivity index (χ0) is 19.1. The number of nitrogens with one attached hydrogen (secondary N) is 1. The first kappa shape index (κ1) is 19.1. The first-order valence-corrected chi connectivity index (χ1v) is 9.14. The van der Waals surface area contributed by atoms with Crippen LogP contribution in [0.25, 0.3) is 0 Å². The Morgan fingerprint density at radius 3 is 2.37 bits per heavy atom. The normalized spacial score (nSPS) is 10.5. The molecule has 0 aromatic heterocycles. The Hall–Kier alpha value is -2.72. The highest BCUT2D eigenvalue weighted by atomic mass is 35.5. The fourth-order valence-electron chi connectivity index (χ4n) is 2.60. The molecule has 0 bridgehead atoms. The highest BCUT2D eigenvalue weighted by Crippen LogP contribution is 2.25. The first-order chi connectivity index (χ1) is 13.1. The molecule has 3 aromatic carbocycles. The van der Waals surface area contributed by atoms with E-state index in [2.05, 4.69) is 5.32 Å². The molecule has 0 saturated heterocycles. The van der Waals surface area contributed by atoms with Crippen LogP contribution in [0.5, 0.6) is 11.5 Å². The van der Waals surface area contributed by atoms with Crippen molar-refractivity contribution in [2.24, 2.45) is 0 Å². The summed E-state index contributed by atoms with van der Waals surface area (Å²) in [4.78, 5) is 0. The second-order valence-electron chi connectivity index (χ2n) is 5.98. The molecule has 5 heteroatoms. The van der Waals surface area contributed by atoms with Crippen LogP contribution in [0.15, 0.2) is 66.7 Å². The maximum Gasteiger partial charge on any atom is 0.124 e. The van der Waals surface area contributed by atoms with Gasteiger partial charge in [0.1, 0.15) is 23.9 Å². The third-order valence-electron chi connectivity index (χ3n) is 3.98. The summed E-state index contributed by atoms with van der Waals surface area (Å²) in [5, 5.41) is 4.01. The molecule has 0 unspecified atom stereocenters. The van der Waals surface area contributed by atoms with Crippen molar-refractivity contribution in [3.05, 3.63) is 88.7 Å². The van der Waals surface area contributed by atoms with E-state index in [1.807, 2.05) is 43.3 Å². The zero-order valence-corrected chi connectivity index (χ0v) is 15.8. The number of benzene rings is 3. The molecule has 27 heavy (non-hydrogen) atoms. The Labute approximate surface area is 163 Å². The van der Waals surface area contributed by atoms with Gasteiger partial charge in [0.25, 0.3) is 0 Å². The predicted octanol–water partition coefficient (Wildman–Crippen LogP) is 6.07. The topological polar surface area (TPSA) is 30.5 Å². The molecule has 3 rings (SSSR count). The number of hydrogen-bond acceptors (Lipinski definition) is 3. The molecule has 0 saturated carbocycles. The molecule has 0 spiro atoms. The molecule has 1 N–H and O–H groups in total. The average Bonchev–Trinajstić information content (AvgIpc) is 2.68. The summed E-state index contributed by atoms with van der Waals surface area (Å²) in [6, 6.07) is 19.6. The highest BCUT2D eigenvalue weighted by molar-refractivity contribution is 6.30.